The monoisotopic (exact) mass is 539 g/mol. The SMILES string of the molecule is CC(C)c1c(C(=O)NCc2ccc(F)cc2)nn(-c2ccc(F)cc2)c1CC[C@@H](O)C[C@@H](O)CC(=O)O.[H-].[Na+]. The predicted molar refractivity (Wildman–Crippen MR) is 133 cm³/mol. The molecule has 0 saturated heterocycles. The number of benzene rings is 2. The maximum absolute atomic E-state index is 13.6. The maximum atomic E-state index is 13.6. The molecule has 38 heavy (non-hydrogen) atoms. The van der Waals surface area contributed by atoms with Gasteiger partial charge in [0.05, 0.1) is 24.3 Å². The van der Waals surface area contributed by atoms with Crippen molar-refractivity contribution in [2.75, 3.05) is 0 Å². The number of aliphatic carboxylic acids is 1. The number of carboxylic acids is 1. The van der Waals surface area contributed by atoms with Crippen molar-refractivity contribution in [1.29, 1.82) is 0 Å². The quantitative estimate of drug-likeness (QED) is 0.253. The van der Waals surface area contributed by atoms with E-state index in [0.29, 0.717) is 22.5 Å². The summed E-state index contributed by atoms with van der Waals surface area (Å²) in [4.78, 5) is 24.0. The van der Waals surface area contributed by atoms with Crippen LogP contribution in [0.2, 0.25) is 0 Å². The molecule has 0 bridgehead atoms. The smallest absolute Gasteiger partial charge is 1.00 e. The molecule has 0 saturated carbocycles. The predicted octanol–water partition coefficient (Wildman–Crippen LogP) is 0.840. The molecule has 0 aliphatic heterocycles. The first-order chi connectivity index (χ1) is 17.5. The van der Waals surface area contributed by atoms with E-state index in [1.54, 1.807) is 16.8 Å². The van der Waals surface area contributed by atoms with E-state index in [1.807, 2.05) is 13.8 Å². The number of amides is 1. The van der Waals surface area contributed by atoms with Gasteiger partial charge in [-0.1, -0.05) is 26.0 Å². The molecule has 8 nitrogen and oxygen atoms in total. The summed E-state index contributed by atoms with van der Waals surface area (Å²) in [6.07, 6.45) is -2.31. The van der Waals surface area contributed by atoms with E-state index in [2.05, 4.69) is 10.4 Å². The molecular weight excluding hydrogens is 507 g/mol. The molecule has 0 radical (unpaired) electrons. The zero-order valence-electron chi connectivity index (χ0n) is 22.7. The molecule has 2 atom stereocenters. The number of rotatable bonds is 12. The number of aliphatic hydroxyl groups excluding tert-OH is 2. The Morgan fingerprint density at radius 1 is 1.00 bits per heavy atom. The first-order valence-electron chi connectivity index (χ1n) is 12.0. The molecule has 0 unspecified atom stereocenters. The van der Waals surface area contributed by atoms with Crippen LogP contribution in [-0.4, -0.2) is 49.2 Å². The molecule has 1 heterocycles. The number of hydrogen-bond donors (Lipinski definition) is 4. The maximum Gasteiger partial charge on any atom is 1.00 e. The minimum Gasteiger partial charge on any atom is -1.00 e. The van der Waals surface area contributed by atoms with E-state index < -0.39 is 36.3 Å². The standard InChI is InChI=1S/C27H31F2N3O5.Na.H/c1-16(2)25-23(12-11-21(33)13-22(34)14-24(35)36)32(20-9-7-19(29)8-10-20)31-26(25)27(37)30-15-17-3-5-18(28)6-4-17;;/h3-10,16,21-22,33-34H,11-15H2,1-2H3,(H,30,37)(H,35,36);;/q;+1;-1/t21-,22-;;/m1../s1. The summed E-state index contributed by atoms with van der Waals surface area (Å²) in [5.74, 6) is -2.54. The number of aromatic nitrogens is 2. The Labute approximate surface area is 243 Å². The molecule has 4 N–H and O–H groups in total. The van der Waals surface area contributed by atoms with Crippen LogP contribution in [0.15, 0.2) is 48.5 Å². The van der Waals surface area contributed by atoms with E-state index in [-0.39, 0.29) is 74.2 Å². The van der Waals surface area contributed by atoms with Crippen LogP contribution in [0.3, 0.4) is 0 Å². The topological polar surface area (TPSA) is 125 Å². The van der Waals surface area contributed by atoms with Gasteiger partial charge in [-0.2, -0.15) is 5.10 Å². The van der Waals surface area contributed by atoms with Crippen LogP contribution in [0.4, 0.5) is 8.78 Å². The van der Waals surface area contributed by atoms with E-state index in [1.165, 1.54) is 36.4 Å². The Hall–Kier alpha value is -2.63. The summed E-state index contributed by atoms with van der Waals surface area (Å²) in [6.45, 7) is 3.97. The number of carbonyl (C=O) groups excluding carboxylic acids is 1. The molecular formula is C27H32F2N3NaO5. The van der Waals surface area contributed by atoms with Crippen molar-refractivity contribution >= 4 is 11.9 Å². The molecule has 200 valence electrons. The molecule has 0 aliphatic rings. The van der Waals surface area contributed by atoms with Crippen LogP contribution in [-0.2, 0) is 17.8 Å². The van der Waals surface area contributed by atoms with E-state index in [9.17, 15) is 28.6 Å². The average Bonchev–Trinajstić information content (AvgIpc) is 3.22. The van der Waals surface area contributed by atoms with Gasteiger partial charge in [0.2, 0.25) is 0 Å². The Kier molecular flexibility index (Phi) is 12.1. The van der Waals surface area contributed by atoms with E-state index in [0.717, 1.165) is 0 Å². The summed E-state index contributed by atoms with van der Waals surface area (Å²) >= 11 is 0. The van der Waals surface area contributed by atoms with Gasteiger partial charge in [-0.3, -0.25) is 9.59 Å². The zero-order valence-corrected chi connectivity index (χ0v) is 23.7. The third-order valence-electron chi connectivity index (χ3n) is 5.92. The fourth-order valence-electron chi connectivity index (χ4n) is 4.16. The van der Waals surface area contributed by atoms with Crippen molar-refractivity contribution in [3.05, 3.63) is 82.7 Å². The second-order valence-corrected chi connectivity index (χ2v) is 9.24. The van der Waals surface area contributed by atoms with Crippen LogP contribution < -0.4 is 34.9 Å². The third-order valence-corrected chi connectivity index (χ3v) is 5.92. The van der Waals surface area contributed by atoms with Crippen LogP contribution in [0.5, 0.6) is 0 Å². The molecule has 0 fully saturated rings. The molecule has 2 aromatic carbocycles. The number of carbonyl (C=O) groups is 2. The van der Waals surface area contributed by atoms with Crippen molar-refractivity contribution in [3.63, 3.8) is 0 Å². The molecule has 3 rings (SSSR count). The minimum absolute atomic E-state index is 0. The Morgan fingerprint density at radius 2 is 1.58 bits per heavy atom. The first-order valence-corrected chi connectivity index (χ1v) is 12.0. The first kappa shape index (κ1) is 31.6. The fourth-order valence-corrected chi connectivity index (χ4v) is 4.16. The Bertz CT molecular complexity index is 1220. The number of nitrogens with zero attached hydrogens (tertiary/aromatic N) is 2. The van der Waals surface area contributed by atoms with Crippen LogP contribution in [0.1, 0.15) is 67.8 Å². The van der Waals surface area contributed by atoms with Crippen molar-refractivity contribution in [2.45, 2.75) is 64.2 Å². The van der Waals surface area contributed by atoms with Gasteiger partial charge in [-0.15, -0.1) is 0 Å². The van der Waals surface area contributed by atoms with Crippen molar-refractivity contribution in [2.24, 2.45) is 0 Å². The van der Waals surface area contributed by atoms with Crippen LogP contribution in [0, 0.1) is 11.6 Å². The zero-order chi connectivity index (χ0) is 27.1. The number of aliphatic hydroxyl groups is 2. The van der Waals surface area contributed by atoms with Gasteiger partial charge in [-0.05, 0) is 67.1 Å². The molecule has 0 spiro atoms. The molecule has 11 heteroatoms. The normalized spacial score (nSPS) is 12.6. The van der Waals surface area contributed by atoms with Crippen LogP contribution >= 0.6 is 0 Å². The van der Waals surface area contributed by atoms with Crippen molar-refractivity contribution < 1.29 is 64.7 Å². The number of carboxylic acid groups (broad SMARTS) is 1. The van der Waals surface area contributed by atoms with Gasteiger partial charge < -0.3 is 22.1 Å². The van der Waals surface area contributed by atoms with Crippen LogP contribution in [0.25, 0.3) is 5.69 Å². The summed E-state index contributed by atoms with van der Waals surface area (Å²) < 4.78 is 28.3. The Morgan fingerprint density at radius 3 is 2.13 bits per heavy atom. The second-order valence-electron chi connectivity index (χ2n) is 9.24. The van der Waals surface area contributed by atoms with E-state index in [4.69, 9.17) is 5.11 Å². The summed E-state index contributed by atoms with van der Waals surface area (Å²) in [7, 11) is 0. The molecule has 1 amide bonds. The van der Waals surface area contributed by atoms with Crippen molar-refractivity contribution in [3.8, 4) is 5.69 Å². The van der Waals surface area contributed by atoms with Gasteiger partial charge in [0.1, 0.15) is 11.6 Å². The molecule has 0 aliphatic carbocycles. The van der Waals surface area contributed by atoms with Gasteiger partial charge >= 0.3 is 35.5 Å². The van der Waals surface area contributed by atoms with Gasteiger partial charge in [0.15, 0.2) is 5.69 Å². The molecule has 3 aromatic rings. The van der Waals surface area contributed by atoms with Gasteiger partial charge in [0.25, 0.3) is 5.91 Å². The minimum atomic E-state index is -1.19. The average molecular weight is 540 g/mol. The largest absolute Gasteiger partial charge is 1.00 e. The summed E-state index contributed by atoms with van der Waals surface area (Å²) in [5.41, 5.74) is 2.70. The second kappa shape index (κ2) is 14.5. The number of nitrogens with one attached hydrogen (secondary N) is 1. The summed E-state index contributed by atoms with van der Waals surface area (Å²) in [5, 5.41) is 36.5. The third kappa shape index (κ3) is 8.71. The number of hydrogen-bond acceptors (Lipinski definition) is 5. The Balaban J connectivity index is 0.00000380. The van der Waals surface area contributed by atoms with Gasteiger partial charge in [-0.25, -0.2) is 13.5 Å². The number of halogens is 2. The van der Waals surface area contributed by atoms with Gasteiger partial charge in [0, 0.05) is 17.8 Å². The fraction of sp³-hybridized carbons (Fsp3) is 0.370. The van der Waals surface area contributed by atoms with Crippen molar-refractivity contribution in [1.82, 2.24) is 15.1 Å². The molecule has 1 aromatic heterocycles. The van der Waals surface area contributed by atoms with E-state index >= 15 is 0 Å². The summed E-state index contributed by atoms with van der Waals surface area (Å²) in [6, 6.07) is 11.4.